The smallest absolute Gasteiger partial charge is 0.257 e. The van der Waals surface area contributed by atoms with Gasteiger partial charge in [0.2, 0.25) is 0 Å². The molecule has 1 aliphatic heterocycles. The number of aryl methyl sites for hydroxylation is 1. The summed E-state index contributed by atoms with van der Waals surface area (Å²) in [5.74, 6) is 0.0451. The van der Waals surface area contributed by atoms with Crippen molar-refractivity contribution in [3.8, 4) is 0 Å². The highest BCUT2D eigenvalue weighted by molar-refractivity contribution is 5.95. The Morgan fingerprint density at radius 2 is 2.39 bits per heavy atom. The number of aliphatic hydroxyl groups is 1. The normalized spacial score (nSPS) is 21.3. The van der Waals surface area contributed by atoms with Gasteiger partial charge in [-0.05, 0) is 33.1 Å². The minimum absolute atomic E-state index is 0.0451. The molecule has 1 N–H and O–H groups in total. The molecule has 2 unspecified atom stereocenters. The van der Waals surface area contributed by atoms with Gasteiger partial charge >= 0.3 is 0 Å². The van der Waals surface area contributed by atoms with Gasteiger partial charge in [-0.25, -0.2) is 0 Å². The number of rotatable bonds is 3. The zero-order valence-electron chi connectivity index (χ0n) is 11.3. The number of hydrogen-bond acceptors (Lipinski definition) is 3. The predicted molar refractivity (Wildman–Crippen MR) is 68.3 cm³/mol. The second kappa shape index (κ2) is 5.10. The summed E-state index contributed by atoms with van der Waals surface area (Å²) in [5.41, 5.74) is 1.57. The Kier molecular flexibility index (Phi) is 3.71. The predicted octanol–water partition coefficient (Wildman–Crippen LogP) is 1.10. The van der Waals surface area contributed by atoms with Crippen LogP contribution < -0.4 is 0 Å². The molecule has 1 aromatic rings. The zero-order valence-corrected chi connectivity index (χ0v) is 11.3. The van der Waals surface area contributed by atoms with E-state index in [-0.39, 0.29) is 18.1 Å². The molecule has 18 heavy (non-hydrogen) atoms. The lowest BCUT2D eigenvalue weighted by Gasteiger charge is -2.25. The van der Waals surface area contributed by atoms with Crippen molar-refractivity contribution in [2.24, 2.45) is 7.05 Å². The molecule has 0 saturated carbocycles. The second-order valence-corrected chi connectivity index (χ2v) is 5.15. The average Bonchev–Trinajstić information content (AvgIpc) is 2.87. The van der Waals surface area contributed by atoms with E-state index in [0.29, 0.717) is 12.0 Å². The van der Waals surface area contributed by atoms with Crippen molar-refractivity contribution in [3.05, 3.63) is 17.5 Å². The van der Waals surface area contributed by atoms with Gasteiger partial charge in [0.15, 0.2) is 0 Å². The number of carbonyl (C=O) groups excluding carboxylic acids is 1. The molecule has 100 valence electrons. The lowest BCUT2D eigenvalue weighted by molar-refractivity contribution is 0.0681. The number of hydrogen-bond donors (Lipinski definition) is 1. The lowest BCUT2D eigenvalue weighted by Crippen LogP contribution is -2.37. The van der Waals surface area contributed by atoms with Crippen LogP contribution in [0.3, 0.4) is 0 Å². The molecule has 5 nitrogen and oxygen atoms in total. The molecule has 2 rings (SSSR count). The number of aromatic nitrogens is 2. The molecule has 1 fully saturated rings. The molecule has 0 radical (unpaired) electrons. The first kappa shape index (κ1) is 13.1. The van der Waals surface area contributed by atoms with Crippen molar-refractivity contribution in [3.63, 3.8) is 0 Å². The topological polar surface area (TPSA) is 58.4 Å². The largest absolute Gasteiger partial charge is 0.393 e. The van der Waals surface area contributed by atoms with E-state index >= 15 is 0 Å². The average molecular weight is 251 g/mol. The van der Waals surface area contributed by atoms with Gasteiger partial charge in [0, 0.05) is 25.3 Å². The first-order valence-corrected chi connectivity index (χ1v) is 6.48. The van der Waals surface area contributed by atoms with Gasteiger partial charge in [0.25, 0.3) is 5.91 Å². The number of aliphatic hydroxyl groups excluding tert-OH is 1. The van der Waals surface area contributed by atoms with E-state index in [9.17, 15) is 9.90 Å². The number of likely N-dealkylation sites (tertiary alicyclic amines) is 1. The number of carbonyl (C=O) groups is 1. The molecule has 1 saturated heterocycles. The summed E-state index contributed by atoms with van der Waals surface area (Å²) in [5, 5.41) is 13.6. The maximum absolute atomic E-state index is 12.5. The number of nitrogens with zero attached hydrogens (tertiary/aromatic N) is 3. The Balaban J connectivity index is 2.15. The van der Waals surface area contributed by atoms with Crippen LogP contribution >= 0.6 is 0 Å². The molecular weight excluding hydrogens is 230 g/mol. The van der Waals surface area contributed by atoms with Crippen LogP contribution in [-0.4, -0.2) is 44.4 Å². The van der Waals surface area contributed by atoms with E-state index in [2.05, 4.69) is 5.10 Å². The van der Waals surface area contributed by atoms with Crippen molar-refractivity contribution in [1.82, 2.24) is 14.7 Å². The molecule has 5 heteroatoms. The Morgan fingerprint density at radius 1 is 1.67 bits per heavy atom. The molecule has 1 aromatic heterocycles. The SMILES string of the molecule is Cc1c(C(=O)N2CCCC2CC(C)O)cnn1C. The molecule has 2 atom stereocenters. The standard InChI is InChI=1S/C13H21N3O2/c1-9(17)7-11-5-4-6-16(11)13(18)12-8-14-15(3)10(12)2/h8-9,11,17H,4-7H2,1-3H3. The van der Waals surface area contributed by atoms with E-state index in [1.807, 2.05) is 18.9 Å². The van der Waals surface area contributed by atoms with Crippen molar-refractivity contribution in [1.29, 1.82) is 0 Å². The molecule has 2 heterocycles. The maximum atomic E-state index is 12.5. The molecular formula is C13H21N3O2. The van der Waals surface area contributed by atoms with Crippen LogP contribution in [0.25, 0.3) is 0 Å². The lowest BCUT2D eigenvalue weighted by atomic mass is 10.1. The molecule has 0 aromatic carbocycles. The van der Waals surface area contributed by atoms with Crippen LogP contribution in [0.1, 0.15) is 42.2 Å². The van der Waals surface area contributed by atoms with E-state index in [4.69, 9.17) is 0 Å². The molecule has 1 aliphatic rings. The Bertz CT molecular complexity index is 439. The summed E-state index contributed by atoms with van der Waals surface area (Å²) in [6, 6.07) is 0.164. The summed E-state index contributed by atoms with van der Waals surface area (Å²) in [6.07, 6.45) is 3.93. The Morgan fingerprint density at radius 3 is 2.94 bits per heavy atom. The fraction of sp³-hybridized carbons (Fsp3) is 0.692. The summed E-state index contributed by atoms with van der Waals surface area (Å²) in [6.45, 7) is 4.46. The van der Waals surface area contributed by atoms with Gasteiger partial charge in [-0.15, -0.1) is 0 Å². The van der Waals surface area contributed by atoms with Crippen LogP contribution in [0.5, 0.6) is 0 Å². The van der Waals surface area contributed by atoms with Gasteiger partial charge in [-0.3, -0.25) is 9.48 Å². The molecule has 0 aliphatic carbocycles. The van der Waals surface area contributed by atoms with Crippen molar-refractivity contribution < 1.29 is 9.90 Å². The van der Waals surface area contributed by atoms with E-state index in [1.165, 1.54) is 0 Å². The second-order valence-electron chi connectivity index (χ2n) is 5.15. The third-order valence-electron chi connectivity index (χ3n) is 3.72. The van der Waals surface area contributed by atoms with Gasteiger partial charge in [-0.1, -0.05) is 0 Å². The minimum Gasteiger partial charge on any atom is -0.393 e. The van der Waals surface area contributed by atoms with E-state index in [0.717, 1.165) is 25.1 Å². The molecule has 0 bridgehead atoms. The maximum Gasteiger partial charge on any atom is 0.257 e. The van der Waals surface area contributed by atoms with E-state index in [1.54, 1.807) is 17.8 Å². The summed E-state index contributed by atoms with van der Waals surface area (Å²) in [7, 11) is 1.84. The van der Waals surface area contributed by atoms with Crippen molar-refractivity contribution >= 4 is 5.91 Å². The summed E-state index contributed by atoms with van der Waals surface area (Å²) in [4.78, 5) is 14.3. The highest BCUT2D eigenvalue weighted by atomic mass is 16.3. The highest BCUT2D eigenvalue weighted by Crippen LogP contribution is 2.24. The van der Waals surface area contributed by atoms with Crippen LogP contribution in [0.2, 0.25) is 0 Å². The van der Waals surface area contributed by atoms with Gasteiger partial charge < -0.3 is 10.0 Å². The zero-order chi connectivity index (χ0) is 13.3. The molecule has 1 amide bonds. The first-order chi connectivity index (χ1) is 8.50. The third-order valence-corrected chi connectivity index (χ3v) is 3.72. The van der Waals surface area contributed by atoms with Crippen molar-refractivity contribution in [2.75, 3.05) is 6.54 Å². The van der Waals surface area contributed by atoms with Gasteiger partial charge in [-0.2, -0.15) is 5.10 Å². The van der Waals surface area contributed by atoms with Crippen LogP contribution in [0.4, 0.5) is 0 Å². The van der Waals surface area contributed by atoms with Gasteiger partial charge in [0.05, 0.1) is 17.9 Å². The Hall–Kier alpha value is -1.36. The fourth-order valence-electron chi connectivity index (χ4n) is 2.61. The highest BCUT2D eigenvalue weighted by Gasteiger charge is 2.31. The Labute approximate surface area is 107 Å². The fourth-order valence-corrected chi connectivity index (χ4v) is 2.61. The molecule has 0 spiro atoms. The van der Waals surface area contributed by atoms with Crippen LogP contribution in [0.15, 0.2) is 6.20 Å². The van der Waals surface area contributed by atoms with E-state index < -0.39 is 0 Å². The monoisotopic (exact) mass is 251 g/mol. The summed E-state index contributed by atoms with van der Waals surface area (Å²) < 4.78 is 1.72. The quantitative estimate of drug-likeness (QED) is 0.875. The number of amides is 1. The van der Waals surface area contributed by atoms with Crippen LogP contribution in [-0.2, 0) is 7.05 Å². The third kappa shape index (κ3) is 2.41. The minimum atomic E-state index is -0.363. The van der Waals surface area contributed by atoms with Crippen molar-refractivity contribution in [2.45, 2.75) is 45.3 Å². The first-order valence-electron chi connectivity index (χ1n) is 6.48. The van der Waals surface area contributed by atoms with Crippen LogP contribution in [0, 0.1) is 6.92 Å². The summed E-state index contributed by atoms with van der Waals surface area (Å²) >= 11 is 0. The van der Waals surface area contributed by atoms with Gasteiger partial charge in [0.1, 0.15) is 0 Å².